The molecule has 13 nitrogen and oxygen atoms in total. The highest BCUT2D eigenvalue weighted by Gasteiger charge is 2.21. The van der Waals surface area contributed by atoms with Crippen molar-refractivity contribution in [3.63, 3.8) is 0 Å². The number of carbonyl (C=O) groups excluding carboxylic acids is 1. The van der Waals surface area contributed by atoms with Crippen molar-refractivity contribution >= 4 is 23.8 Å². The van der Waals surface area contributed by atoms with Gasteiger partial charge in [0.25, 0.3) is 0 Å². The maximum Gasteiger partial charge on any atom is 0.317 e. The average Bonchev–Trinajstić information content (AvgIpc) is 2.67. The fourth-order valence-electron chi connectivity index (χ4n) is 3.57. The van der Waals surface area contributed by atoms with Crippen molar-refractivity contribution in [1.82, 2.24) is 24.9 Å². The summed E-state index contributed by atoms with van der Waals surface area (Å²) in [5.41, 5.74) is 0. The van der Waals surface area contributed by atoms with Crippen LogP contribution >= 0.6 is 0 Å². The molecule has 1 fully saturated rings. The summed E-state index contributed by atoms with van der Waals surface area (Å²) in [5.74, 6) is -3.09. The minimum Gasteiger partial charge on any atom is -1.00 e. The van der Waals surface area contributed by atoms with Crippen molar-refractivity contribution in [3.8, 4) is 0 Å². The Labute approximate surface area is 213 Å². The van der Waals surface area contributed by atoms with Gasteiger partial charge in [0.2, 0.25) is 5.91 Å². The van der Waals surface area contributed by atoms with Crippen molar-refractivity contribution in [2.24, 2.45) is 0 Å². The van der Waals surface area contributed by atoms with Gasteiger partial charge in [-0.1, -0.05) is 0 Å². The molecule has 1 aliphatic rings. The van der Waals surface area contributed by atoms with E-state index >= 15 is 0 Å². The molecule has 1 aliphatic heterocycles. The first-order chi connectivity index (χ1) is 15.8. The average molecular weight is 525 g/mol. The second-order valence-corrected chi connectivity index (χ2v) is 9.65. The molecule has 0 atom stereocenters. The number of likely N-dealkylation sites (N-methyl/N-ethyl adjacent to an activating group) is 1. The second-order valence-electron chi connectivity index (χ2n) is 9.65. The molecule has 4 N–H and O–H groups in total. The van der Waals surface area contributed by atoms with Crippen LogP contribution in [0.15, 0.2) is 0 Å². The molecule has 1 saturated heterocycles. The van der Waals surface area contributed by atoms with Crippen LogP contribution in [0.3, 0.4) is 0 Å². The molecule has 1 rings (SSSR count). The molecule has 0 spiro atoms. The number of amides is 1. The van der Waals surface area contributed by atoms with E-state index in [1.54, 1.807) is 14.7 Å². The van der Waals surface area contributed by atoms with Crippen LogP contribution in [-0.2, 0) is 19.2 Å². The van der Waals surface area contributed by atoms with Crippen LogP contribution in [0.25, 0.3) is 0 Å². The Balaban J connectivity index is 0.0000116. The van der Waals surface area contributed by atoms with Gasteiger partial charge in [-0.25, -0.2) is 0 Å². The first-order valence-electron chi connectivity index (χ1n) is 11.5. The number of hydrogen-bond acceptors (Lipinski definition) is 8. The number of nitrogens with zero attached hydrogens (tertiary/aromatic N) is 5. The lowest BCUT2D eigenvalue weighted by Crippen LogP contribution is -3.00. The van der Waals surface area contributed by atoms with E-state index in [4.69, 9.17) is 0 Å². The third-order valence-corrected chi connectivity index (χ3v) is 5.48. The summed E-state index contributed by atoms with van der Waals surface area (Å²) >= 11 is 0. The van der Waals surface area contributed by atoms with Crippen LogP contribution in [0.1, 0.15) is 0 Å². The van der Waals surface area contributed by atoms with Gasteiger partial charge in [-0.3, -0.25) is 38.8 Å². The number of aliphatic carboxylic acids is 3. The zero-order valence-corrected chi connectivity index (χ0v) is 21.7. The summed E-state index contributed by atoms with van der Waals surface area (Å²) in [5, 5.41) is 30.6. The van der Waals surface area contributed by atoms with E-state index in [-0.39, 0.29) is 44.5 Å². The van der Waals surface area contributed by atoms with Crippen LogP contribution in [0.4, 0.5) is 0 Å². The van der Waals surface area contributed by atoms with Crippen LogP contribution in [0.2, 0.25) is 0 Å². The lowest BCUT2D eigenvalue weighted by Gasteiger charge is -2.33. The molecule has 0 saturated carbocycles. The lowest BCUT2D eigenvalue weighted by molar-refractivity contribution is -0.869. The van der Waals surface area contributed by atoms with E-state index in [1.165, 1.54) is 0 Å². The zero-order chi connectivity index (χ0) is 25.7. The van der Waals surface area contributed by atoms with Crippen molar-refractivity contribution in [2.45, 2.75) is 0 Å². The number of carbonyl (C=O) groups is 4. The maximum atomic E-state index is 12.5. The quantitative estimate of drug-likeness (QED) is 0.191. The van der Waals surface area contributed by atoms with Gasteiger partial charge in [0, 0.05) is 52.4 Å². The topological polar surface area (TPSA) is 154 Å². The molecule has 0 aromatic rings. The zero-order valence-electron chi connectivity index (χ0n) is 21.0. The monoisotopic (exact) mass is 524 g/mol. The Morgan fingerprint density at radius 3 is 1.17 bits per heavy atom. The summed E-state index contributed by atoms with van der Waals surface area (Å²) in [7, 11) is 6.11. The molecule has 14 heteroatoms. The van der Waals surface area contributed by atoms with Crippen molar-refractivity contribution < 1.29 is 51.4 Å². The fourth-order valence-corrected chi connectivity index (χ4v) is 3.57. The highest BCUT2D eigenvalue weighted by Crippen LogP contribution is 2.01. The van der Waals surface area contributed by atoms with Crippen molar-refractivity contribution in [3.05, 3.63) is 0 Å². The molecular weight excluding hydrogens is 484 g/mol. The van der Waals surface area contributed by atoms with Crippen LogP contribution in [0, 0.1) is 0 Å². The maximum absolute atomic E-state index is 12.5. The van der Waals surface area contributed by atoms with Gasteiger partial charge in [0.1, 0.15) is 0 Å². The molecule has 0 aromatic heterocycles. The van der Waals surface area contributed by atoms with Crippen molar-refractivity contribution in [2.75, 3.05) is 113 Å². The van der Waals surface area contributed by atoms with Gasteiger partial charge in [-0.05, 0) is 0 Å². The van der Waals surface area contributed by atoms with Gasteiger partial charge in [0.05, 0.1) is 60.4 Å². The molecular formula is C21H41ClN6O7. The molecule has 35 heavy (non-hydrogen) atoms. The number of halogens is 1. The van der Waals surface area contributed by atoms with Gasteiger partial charge in [0.15, 0.2) is 0 Å². The van der Waals surface area contributed by atoms with E-state index in [0.29, 0.717) is 58.9 Å². The highest BCUT2D eigenvalue weighted by molar-refractivity contribution is 5.78. The van der Waals surface area contributed by atoms with Crippen LogP contribution in [-0.4, -0.2) is 176 Å². The smallest absolute Gasteiger partial charge is 0.317 e. The molecule has 0 aromatic carbocycles. The summed E-state index contributed by atoms with van der Waals surface area (Å²) in [6, 6.07) is 0. The van der Waals surface area contributed by atoms with Gasteiger partial charge in [-0.2, -0.15) is 0 Å². The van der Waals surface area contributed by atoms with Gasteiger partial charge in [-0.15, -0.1) is 0 Å². The molecule has 0 bridgehead atoms. The Kier molecular flexibility index (Phi) is 15.6. The Hall–Kier alpha value is -2.03. The summed E-state index contributed by atoms with van der Waals surface area (Å²) in [4.78, 5) is 53.4. The van der Waals surface area contributed by atoms with E-state index in [9.17, 15) is 34.5 Å². The van der Waals surface area contributed by atoms with Crippen molar-refractivity contribution in [1.29, 1.82) is 0 Å². The first-order valence-corrected chi connectivity index (χ1v) is 11.5. The van der Waals surface area contributed by atoms with Crippen LogP contribution in [0.5, 0.6) is 0 Å². The molecule has 204 valence electrons. The molecule has 1 amide bonds. The first kappa shape index (κ1) is 33.0. The normalized spacial score (nSPS) is 18.0. The minimum absolute atomic E-state index is 0. The van der Waals surface area contributed by atoms with E-state index in [1.807, 2.05) is 26.0 Å². The molecule has 0 aliphatic carbocycles. The largest absolute Gasteiger partial charge is 1.00 e. The third kappa shape index (κ3) is 17.1. The van der Waals surface area contributed by atoms with E-state index in [0.717, 1.165) is 11.0 Å². The highest BCUT2D eigenvalue weighted by atomic mass is 35.5. The minimum atomic E-state index is -0.996. The molecule has 1 heterocycles. The molecule has 0 radical (unpaired) electrons. The number of nitrogens with one attached hydrogen (secondary N) is 1. The summed E-state index contributed by atoms with van der Waals surface area (Å²) in [6.45, 7) is 3.87. The second kappa shape index (κ2) is 16.6. The summed E-state index contributed by atoms with van der Waals surface area (Å²) < 4.78 is 0.719. The Bertz CT molecular complexity index is 660. The van der Waals surface area contributed by atoms with Gasteiger partial charge < -0.3 is 37.5 Å². The number of rotatable bonds is 11. The van der Waals surface area contributed by atoms with E-state index < -0.39 is 17.9 Å². The van der Waals surface area contributed by atoms with E-state index in [2.05, 4.69) is 5.32 Å². The predicted octanol–water partition coefficient (Wildman–Crippen LogP) is -5.71. The Morgan fingerprint density at radius 1 is 0.629 bits per heavy atom. The summed E-state index contributed by atoms with van der Waals surface area (Å²) in [6.07, 6.45) is 0. The number of carboxylic acid groups (broad SMARTS) is 3. The van der Waals surface area contributed by atoms with Gasteiger partial charge >= 0.3 is 17.9 Å². The predicted molar refractivity (Wildman–Crippen MR) is 125 cm³/mol. The SMILES string of the molecule is C[N+](C)(C)CCNC(=O)CN1CCN(CC(=O)O)CCN(CC(=O)O)CCN(CC(=O)O)CC1.[Cl-]. The van der Waals surface area contributed by atoms with Crippen LogP contribution < -0.4 is 17.7 Å². The number of hydrogen-bond donors (Lipinski definition) is 4. The molecule has 0 unspecified atom stereocenters. The lowest BCUT2D eigenvalue weighted by atomic mass is 10.3. The third-order valence-electron chi connectivity index (χ3n) is 5.48. The standard InChI is InChI=1S/C21H40N6O7.ClH/c1-27(2,3)13-4-22-18(28)14-23-5-7-24(15-19(29)30)9-11-26(17-21(33)34)12-10-25(8-6-23)16-20(31)32;/h4-17H2,1-3H3,(H3-,22,28,29,30,31,32,33,34);1H. The number of quaternary nitrogens is 1. The Morgan fingerprint density at radius 2 is 0.914 bits per heavy atom. The fraction of sp³-hybridized carbons (Fsp3) is 0.810. The number of carboxylic acids is 3.